The van der Waals surface area contributed by atoms with Crippen LogP contribution in [-0.2, 0) is 6.42 Å². The maximum absolute atomic E-state index is 5.50. The molecule has 1 aliphatic rings. The Bertz CT molecular complexity index is 329. The van der Waals surface area contributed by atoms with Crippen molar-refractivity contribution in [2.75, 3.05) is 6.54 Å². The summed E-state index contributed by atoms with van der Waals surface area (Å²) in [5, 5.41) is 3.68. The van der Waals surface area contributed by atoms with Gasteiger partial charge in [-0.15, -0.1) is 0 Å². The largest absolute Gasteiger partial charge is 0.469 e. The fourth-order valence-corrected chi connectivity index (χ4v) is 2.26. The number of aryl methyl sites for hydroxylation is 1. The summed E-state index contributed by atoms with van der Waals surface area (Å²) in [7, 11) is 0. The minimum absolute atomic E-state index is 0.517. The first-order chi connectivity index (χ1) is 7.68. The monoisotopic (exact) mass is 221 g/mol. The molecule has 1 aromatic rings. The van der Waals surface area contributed by atoms with Gasteiger partial charge in [-0.2, -0.15) is 0 Å². The lowest BCUT2D eigenvalue weighted by molar-refractivity contribution is 0.345. The standard InChI is InChI=1S/C14H23NO/c1-10(2)11(3)9-15-13-5-4-6-14-12(13)7-8-16-14/h7-8,10-11,13,15H,4-6,9H2,1-3H3. The third-order valence-electron chi connectivity index (χ3n) is 3.88. The van der Waals surface area contributed by atoms with E-state index in [0.717, 1.165) is 24.8 Å². The van der Waals surface area contributed by atoms with Crippen molar-refractivity contribution in [3.8, 4) is 0 Å². The zero-order valence-corrected chi connectivity index (χ0v) is 10.6. The van der Waals surface area contributed by atoms with Gasteiger partial charge in [-0.25, -0.2) is 0 Å². The van der Waals surface area contributed by atoms with Gasteiger partial charge in [-0.1, -0.05) is 20.8 Å². The van der Waals surface area contributed by atoms with E-state index in [1.807, 2.05) is 6.26 Å². The van der Waals surface area contributed by atoms with Crippen LogP contribution in [0.3, 0.4) is 0 Å². The summed E-state index contributed by atoms with van der Waals surface area (Å²) in [4.78, 5) is 0. The van der Waals surface area contributed by atoms with E-state index in [-0.39, 0.29) is 0 Å². The van der Waals surface area contributed by atoms with E-state index in [2.05, 4.69) is 32.2 Å². The van der Waals surface area contributed by atoms with Crippen LogP contribution in [0, 0.1) is 11.8 Å². The highest BCUT2D eigenvalue weighted by Crippen LogP contribution is 2.30. The predicted octanol–water partition coefficient (Wildman–Crippen LogP) is 3.54. The van der Waals surface area contributed by atoms with Crippen molar-refractivity contribution in [3.63, 3.8) is 0 Å². The highest BCUT2D eigenvalue weighted by molar-refractivity contribution is 5.23. The molecule has 1 N–H and O–H groups in total. The van der Waals surface area contributed by atoms with Crippen LogP contribution in [0.1, 0.15) is 51.0 Å². The number of rotatable bonds is 4. The molecule has 2 unspecified atom stereocenters. The Morgan fingerprint density at radius 1 is 1.44 bits per heavy atom. The van der Waals surface area contributed by atoms with Gasteiger partial charge in [0.1, 0.15) is 5.76 Å². The molecule has 90 valence electrons. The Morgan fingerprint density at radius 2 is 2.25 bits per heavy atom. The van der Waals surface area contributed by atoms with Crippen LogP contribution in [0.5, 0.6) is 0 Å². The fraction of sp³-hybridized carbons (Fsp3) is 0.714. The van der Waals surface area contributed by atoms with E-state index in [4.69, 9.17) is 4.42 Å². The van der Waals surface area contributed by atoms with Gasteiger partial charge in [0.2, 0.25) is 0 Å². The molecule has 0 aliphatic heterocycles. The summed E-state index contributed by atoms with van der Waals surface area (Å²) >= 11 is 0. The predicted molar refractivity (Wildman–Crippen MR) is 66.4 cm³/mol. The summed E-state index contributed by atoms with van der Waals surface area (Å²) in [6, 6.07) is 2.65. The van der Waals surface area contributed by atoms with Gasteiger partial charge < -0.3 is 9.73 Å². The second-order valence-electron chi connectivity index (χ2n) is 5.37. The summed E-state index contributed by atoms with van der Waals surface area (Å²) in [6.45, 7) is 8.00. The molecule has 2 heteroatoms. The lowest BCUT2D eigenvalue weighted by atomic mass is 9.92. The minimum atomic E-state index is 0.517. The second kappa shape index (κ2) is 5.05. The van der Waals surface area contributed by atoms with Crippen LogP contribution in [-0.4, -0.2) is 6.54 Å². The molecular weight excluding hydrogens is 198 g/mol. The van der Waals surface area contributed by atoms with E-state index in [1.54, 1.807) is 0 Å². The van der Waals surface area contributed by atoms with Crippen molar-refractivity contribution in [1.29, 1.82) is 0 Å². The first kappa shape index (κ1) is 11.7. The molecule has 1 heterocycles. The Hall–Kier alpha value is -0.760. The first-order valence-corrected chi connectivity index (χ1v) is 6.48. The van der Waals surface area contributed by atoms with Crippen LogP contribution >= 0.6 is 0 Å². The lowest BCUT2D eigenvalue weighted by Crippen LogP contribution is -2.30. The molecule has 2 rings (SSSR count). The van der Waals surface area contributed by atoms with E-state index in [9.17, 15) is 0 Å². The highest BCUT2D eigenvalue weighted by atomic mass is 16.3. The molecule has 0 saturated carbocycles. The van der Waals surface area contributed by atoms with Gasteiger partial charge in [0.25, 0.3) is 0 Å². The molecule has 0 amide bonds. The first-order valence-electron chi connectivity index (χ1n) is 6.48. The summed E-state index contributed by atoms with van der Waals surface area (Å²) < 4.78 is 5.50. The molecule has 2 nitrogen and oxygen atoms in total. The van der Waals surface area contributed by atoms with E-state index >= 15 is 0 Å². The van der Waals surface area contributed by atoms with Gasteiger partial charge >= 0.3 is 0 Å². The van der Waals surface area contributed by atoms with Crippen molar-refractivity contribution >= 4 is 0 Å². The zero-order valence-electron chi connectivity index (χ0n) is 10.6. The number of fused-ring (bicyclic) bond motifs is 1. The summed E-state index contributed by atoms with van der Waals surface area (Å²) in [5.41, 5.74) is 1.39. The molecule has 0 spiro atoms. The van der Waals surface area contributed by atoms with Crippen LogP contribution in [0.25, 0.3) is 0 Å². The highest BCUT2D eigenvalue weighted by Gasteiger charge is 2.22. The van der Waals surface area contributed by atoms with Crippen molar-refractivity contribution < 1.29 is 4.42 Å². The Balaban J connectivity index is 1.93. The molecule has 0 bridgehead atoms. The third kappa shape index (κ3) is 2.49. The van der Waals surface area contributed by atoms with Crippen LogP contribution in [0.15, 0.2) is 16.7 Å². The minimum Gasteiger partial charge on any atom is -0.469 e. The van der Waals surface area contributed by atoms with Gasteiger partial charge in [0, 0.05) is 18.0 Å². The normalized spacial score (nSPS) is 22.1. The maximum atomic E-state index is 5.50. The van der Waals surface area contributed by atoms with Crippen LogP contribution in [0.4, 0.5) is 0 Å². The molecule has 1 aliphatic carbocycles. The fourth-order valence-electron chi connectivity index (χ4n) is 2.26. The zero-order chi connectivity index (χ0) is 11.5. The molecule has 2 atom stereocenters. The topological polar surface area (TPSA) is 25.2 Å². The molecule has 0 saturated heterocycles. The molecule has 0 aromatic carbocycles. The average molecular weight is 221 g/mol. The SMILES string of the molecule is CC(C)C(C)CNC1CCCc2occc21. The van der Waals surface area contributed by atoms with E-state index in [1.165, 1.54) is 24.2 Å². The van der Waals surface area contributed by atoms with E-state index in [0.29, 0.717) is 6.04 Å². The van der Waals surface area contributed by atoms with Gasteiger partial charge in [0.15, 0.2) is 0 Å². The Labute approximate surface area is 98.4 Å². The van der Waals surface area contributed by atoms with E-state index < -0.39 is 0 Å². The van der Waals surface area contributed by atoms with Gasteiger partial charge in [-0.05, 0) is 37.3 Å². The lowest BCUT2D eigenvalue weighted by Gasteiger charge is -2.25. The number of hydrogen-bond acceptors (Lipinski definition) is 2. The summed E-state index contributed by atoms with van der Waals surface area (Å²) in [5.74, 6) is 2.68. The van der Waals surface area contributed by atoms with Crippen molar-refractivity contribution in [2.24, 2.45) is 11.8 Å². The third-order valence-corrected chi connectivity index (χ3v) is 3.88. The van der Waals surface area contributed by atoms with Crippen molar-refractivity contribution in [1.82, 2.24) is 5.32 Å². The number of hydrogen-bond donors (Lipinski definition) is 1. The maximum Gasteiger partial charge on any atom is 0.108 e. The molecule has 0 fully saturated rings. The van der Waals surface area contributed by atoms with Gasteiger partial charge in [-0.3, -0.25) is 0 Å². The van der Waals surface area contributed by atoms with Crippen molar-refractivity contribution in [3.05, 3.63) is 23.7 Å². The van der Waals surface area contributed by atoms with Crippen LogP contribution in [0.2, 0.25) is 0 Å². The summed E-state index contributed by atoms with van der Waals surface area (Å²) in [6.07, 6.45) is 5.43. The Kier molecular flexibility index (Phi) is 3.70. The van der Waals surface area contributed by atoms with Crippen LogP contribution < -0.4 is 5.32 Å². The molecule has 0 radical (unpaired) electrons. The number of furan rings is 1. The second-order valence-corrected chi connectivity index (χ2v) is 5.37. The smallest absolute Gasteiger partial charge is 0.108 e. The molecular formula is C14H23NO. The molecule has 1 aromatic heterocycles. The average Bonchev–Trinajstić information content (AvgIpc) is 2.73. The van der Waals surface area contributed by atoms with Crippen molar-refractivity contribution in [2.45, 2.75) is 46.1 Å². The molecule has 16 heavy (non-hydrogen) atoms. The Morgan fingerprint density at radius 3 is 3.00 bits per heavy atom. The quantitative estimate of drug-likeness (QED) is 0.841. The van der Waals surface area contributed by atoms with Gasteiger partial charge in [0.05, 0.1) is 6.26 Å². The number of nitrogens with one attached hydrogen (secondary N) is 1.